The second kappa shape index (κ2) is 5.75. The van der Waals surface area contributed by atoms with Crippen LogP contribution in [0, 0.1) is 0 Å². The largest absolute Gasteiger partial charge is 0.340 e. The van der Waals surface area contributed by atoms with E-state index in [1.165, 1.54) is 11.0 Å². The minimum Gasteiger partial charge on any atom is -0.340 e. The van der Waals surface area contributed by atoms with E-state index >= 15 is 0 Å². The third kappa shape index (κ3) is 2.65. The lowest BCUT2D eigenvalue weighted by Gasteiger charge is -2.31. The van der Waals surface area contributed by atoms with E-state index in [-0.39, 0.29) is 18.4 Å². The normalized spacial score (nSPS) is 18.4. The van der Waals surface area contributed by atoms with Crippen molar-refractivity contribution in [1.82, 2.24) is 39.7 Å². The number of piperidine rings is 1. The molecule has 1 amide bonds. The molecule has 1 unspecified atom stereocenters. The molecule has 0 aromatic carbocycles. The number of fused-ring (bicyclic) bond motifs is 1. The molecule has 118 valence electrons. The molecule has 1 atom stereocenters. The lowest BCUT2D eigenvalue weighted by atomic mass is 9.97. The maximum Gasteiger partial charge on any atom is 0.244 e. The molecule has 1 fully saturated rings. The summed E-state index contributed by atoms with van der Waals surface area (Å²) in [4.78, 5) is 14.3. The third-order valence-electron chi connectivity index (χ3n) is 4.17. The van der Waals surface area contributed by atoms with Crippen LogP contribution in [0.5, 0.6) is 0 Å². The van der Waals surface area contributed by atoms with Crippen molar-refractivity contribution in [2.75, 3.05) is 13.1 Å². The molecule has 1 saturated heterocycles. The first-order valence-corrected chi connectivity index (χ1v) is 7.59. The van der Waals surface area contributed by atoms with Crippen LogP contribution in [0.4, 0.5) is 0 Å². The van der Waals surface area contributed by atoms with Crippen LogP contribution in [0.3, 0.4) is 0 Å². The smallest absolute Gasteiger partial charge is 0.244 e. The van der Waals surface area contributed by atoms with Gasteiger partial charge in [0.15, 0.2) is 5.65 Å². The molecular weight excluding hydrogens is 296 g/mol. The Bertz CT molecular complexity index is 811. The van der Waals surface area contributed by atoms with E-state index in [0.717, 1.165) is 30.9 Å². The number of tetrazole rings is 1. The van der Waals surface area contributed by atoms with Gasteiger partial charge in [0.05, 0.1) is 0 Å². The Morgan fingerprint density at radius 1 is 1.30 bits per heavy atom. The number of rotatable bonds is 3. The molecule has 1 aliphatic rings. The number of amides is 1. The SMILES string of the molecule is O=C(Cn1cnnn1)N1CCCC(c2nnc3ccccn23)C1. The number of carbonyl (C=O) groups excluding carboxylic acids is 1. The minimum absolute atomic E-state index is 0.0239. The van der Waals surface area contributed by atoms with E-state index in [1.54, 1.807) is 0 Å². The Hall–Kier alpha value is -2.84. The van der Waals surface area contributed by atoms with Crippen LogP contribution >= 0.6 is 0 Å². The molecule has 3 aromatic rings. The molecule has 0 saturated carbocycles. The van der Waals surface area contributed by atoms with Crippen molar-refractivity contribution in [3.8, 4) is 0 Å². The van der Waals surface area contributed by atoms with Gasteiger partial charge >= 0.3 is 0 Å². The van der Waals surface area contributed by atoms with Crippen molar-refractivity contribution in [3.05, 3.63) is 36.5 Å². The molecule has 1 aliphatic heterocycles. The van der Waals surface area contributed by atoms with Crippen LogP contribution in [0.25, 0.3) is 5.65 Å². The van der Waals surface area contributed by atoms with Gasteiger partial charge in [0, 0.05) is 25.2 Å². The van der Waals surface area contributed by atoms with E-state index in [1.807, 2.05) is 33.7 Å². The van der Waals surface area contributed by atoms with Crippen molar-refractivity contribution in [2.45, 2.75) is 25.3 Å². The summed E-state index contributed by atoms with van der Waals surface area (Å²) in [6.45, 7) is 1.57. The zero-order valence-electron chi connectivity index (χ0n) is 12.5. The van der Waals surface area contributed by atoms with Crippen LogP contribution in [0.15, 0.2) is 30.7 Å². The summed E-state index contributed by atoms with van der Waals surface area (Å²) in [7, 11) is 0. The Balaban J connectivity index is 1.51. The average Bonchev–Trinajstić information content (AvgIpc) is 3.24. The summed E-state index contributed by atoms with van der Waals surface area (Å²) in [5.74, 6) is 1.13. The monoisotopic (exact) mass is 312 g/mol. The number of hydrogen-bond acceptors (Lipinski definition) is 6. The fourth-order valence-corrected chi connectivity index (χ4v) is 3.04. The predicted octanol–water partition coefficient (Wildman–Crippen LogP) is 0.122. The van der Waals surface area contributed by atoms with E-state index in [0.29, 0.717) is 6.54 Å². The highest BCUT2D eigenvalue weighted by Crippen LogP contribution is 2.26. The lowest BCUT2D eigenvalue weighted by molar-refractivity contribution is -0.133. The number of likely N-dealkylation sites (tertiary alicyclic amines) is 1. The van der Waals surface area contributed by atoms with Gasteiger partial charge in [0.25, 0.3) is 0 Å². The zero-order chi connectivity index (χ0) is 15.6. The fraction of sp³-hybridized carbons (Fsp3) is 0.429. The molecule has 4 heterocycles. The number of carbonyl (C=O) groups is 1. The second-order valence-electron chi connectivity index (χ2n) is 5.67. The van der Waals surface area contributed by atoms with E-state index in [4.69, 9.17) is 0 Å². The average molecular weight is 312 g/mol. The number of pyridine rings is 1. The number of aromatic nitrogens is 7. The zero-order valence-corrected chi connectivity index (χ0v) is 12.5. The van der Waals surface area contributed by atoms with Gasteiger partial charge in [-0.1, -0.05) is 6.07 Å². The van der Waals surface area contributed by atoms with E-state index < -0.39 is 0 Å². The summed E-state index contributed by atoms with van der Waals surface area (Å²) >= 11 is 0. The first-order valence-electron chi connectivity index (χ1n) is 7.59. The number of nitrogens with zero attached hydrogens (tertiary/aromatic N) is 8. The van der Waals surface area contributed by atoms with Gasteiger partial charge in [0.2, 0.25) is 5.91 Å². The first kappa shape index (κ1) is 13.8. The highest BCUT2D eigenvalue weighted by Gasteiger charge is 2.28. The van der Waals surface area contributed by atoms with Crippen molar-refractivity contribution < 1.29 is 4.79 Å². The van der Waals surface area contributed by atoms with Crippen LogP contribution in [-0.4, -0.2) is 58.7 Å². The predicted molar refractivity (Wildman–Crippen MR) is 79.4 cm³/mol. The van der Waals surface area contributed by atoms with Gasteiger partial charge in [0.1, 0.15) is 18.7 Å². The van der Waals surface area contributed by atoms with Gasteiger partial charge in [-0.05, 0) is 35.4 Å². The number of hydrogen-bond donors (Lipinski definition) is 0. The van der Waals surface area contributed by atoms with Crippen molar-refractivity contribution in [3.63, 3.8) is 0 Å². The Kier molecular flexibility index (Phi) is 3.45. The summed E-state index contributed by atoms with van der Waals surface area (Å²) in [6.07, 6.45) is 5.37. The van der Waals surface area contributed by atoms with Gasteiger partial charge in [-0.3, -0.25) is 9.20 Å². The fourth-order valence-electron chi connectivity index (χ4n) is 3.04. The van der Waals surface area contributed by atoms with Crippen LogP contribution < -0.4 is 0 Å². The first-order chi connectivity index (χ1) is 11.3. The summed E-state index contributed by atoms with van der Waals surface area (Å²) in [5.41, 5.74) is 0.833. The van der Waals surface area contributed by atoms with Crippen LogP contribution in [0.1, 0.15) is 24.6 Å². The topological polar surface area (TPSA) is 94.1 Å². The van der Waals surface area contributed by atoms with Gasteiger partial charge in [-0.25, -0.2) is 4.68 Å². The molecule has 9 heteroatoms. The maximum absolute atomic E-state index is 12.4. The van der Waals surface area contributed by atoms with Crippen molar-refractivity contribution in [1.29, 1.82) is 0 Å². The highest BCUT2D eigenvalue weighted by atomic mass is 16.2. The van der Waals surface area contributed by atoms with E-state index in [9.17, 15) is 4.79 Å². The summed E-state index contributed by atoms with van der Waals surface area (Å²) in [6, 6.07) is 5.83. The molecule has 23 heavy (non-hydrogen) atoms. The van der Waals surface area contributed by atoms with Crippen molar-refractivity contribution >= 4 is 11.6 Å². The van der Waals surface area contributed by atoms with E-state index in [2.05, 4.69) is 25.7 Å². The molecule has 3 aromatic heterocycles. The molecular formula is C14H16N8O. The summed E-state index contributed by atoms with van der Waals surface area (Å²) < 4.78 is 3.44. The van der Waals surface area contributed by atoms with Crippen molar-refractivity contribution in [2.24, 2.45) is 0 Å². The van der Waals surface area contributed by atoms with Crippen LogP contribution in [0.2, 0.25) is 0 Å². The van der Waals surface area contributed by atoms with Gasteiger partial charge in [-0.15, -0.1) is 15.3 Å². The molecule has 4 rings (SSSR count). The van der Waals surface area contributed by atoms with Gasteiger partial charge < -0.3 is 4.90 Å². The lowest BCUT2D eigenvalue weighted by Crippen LogP contribution is -2.41. The molecule has 0 bridgehead atoms. The highest BCUT2D eigenvalue weighted by molar-refractivity contribution is 5.76. The Morgan fingerprint density at radius 3 is 3.13 bits per heavy atom. The molecule has 0 radical (unpaired) electrons. The standard InChI is InChI=1S/C14H16N8O/c23-13(9-21-10-15-18-19-21)20-6-3-4-11(8-20)14-17-16-12-5-1-2-7-22(12)14/h1-2,5,7,10-11H,3-4,6,8-9H2. The minimum atomic E-state index is 0.0239. The molecule has 0 spiro atoms. The molecule has 0 N–H and O–H groups in total. The Morgan fingerprint density at radius 2 is 2.26 bits per heavy atom. The summed E-state index contributed by atoms with van der Waals surface area (Å²) in [5, 5.41) is 19.4. The third-order valence-corrected chi connectivity index (χ3v) is 4.17. The van der Waals surface area contributed by atoms with Crippen LogP contribution in [-0.2, 0) is 11.3 Å². The Labute approximate surface area is 131 Å². The second-order valence-corrected chi connectivity index (χ2v) is 5.67. The quantitative estimate of drug-likeness (QED) is 0.682. The maximum atomic E-state index is 12.4. The molecule has 0 aliphatic carbocycles. The molecule has 9 nitrogen and oxygen atoms in total. The van der Waals surface area contributed by atoms with Gasteiger partial charge in [-0.2, -0.15) is 0 Å².